The summed E-state index contributed by atoms with van der Waals surface area (Å²) in [5.41, 5.74) is 3.08. The maximum Gasteiger partial charge on any atom is 0.323 e. The van der Waals surface area contributed by atoms with Crippen LogP contribution in [0.4, 0.5) is 20.6 Å². The van der Waals surface area contributed by atoms with Gasteiger partial charge in [-0.15, -0.1) is 0 Å². The van der Waals surface area contributed by atoms with Crippen LogP contribution >= 0.6 is 11.6 Å². The molecule has 3 rings (SSSR count). The van der Waals surface area contributed by atoms with Gasteiger partial charge >= 0.3 is 6.03 Å². The minimum Gasteiger partial charge on any atom is -0.305 e. The van der Waals surface area contributed by atoms with Crippen molar-refractivity contribution in [2.24, 2.45) is 0 Å². The van der Waals surface area contributed by atoms with Gasteiger partial charge in [-0.3, -0.25) is 4.68 Å². The first-order valence-corrected chi connectivity index (χ1v) is 8.43. The monoisotopic (exact) mass is 372 g/mol. The van der Waals surface area contributed by atoms with Crippen LogP contribution in [0, 0.1) is 19.7 Å². The Kier molecular flexibility index (Phi) is 5.23. The molecule has 0 unspecified atom stereocenters. The minimum atomic E-state index is -0.529. The van der Waals surface area contributed by atoms with E-state index in [9.17, 15) is 9.18 Å². The zero-order chi connectivity index (χ0) is 18.7. The number of hydrogen-bond donors (Lipinski definition) is 2. The first kappa shape index (κ1) is 17.9. The summed E-state index contributed by atoms with van der Waals surface area (Å²) in [6.45, 7) is 4.15. The third kappa shape index (κ3) is 3.86. The molecule has 0 aliphatic heterocycles. The van der Waals surface area contributed by atoms with Gasteiger partial charge in [-0.1, -0.05) is 41.9 Å². The smallest absolute Gasteiger partial charge is 0.305 e. The van der Waals surface area contributed by atoms with Gasteiger partial charge in [-0.05, 0) is 37.6 Å². The van der Waals surface area contributed by atoms with Gasteiger partial charge in [0, 0.05) is 5.02 Å². The molecule has 0 fully saturated rings. The number of nitrogens with one attached hydrogen (secondary N) is 2. The summed E-state index contributed by atoms with van der Waals surface area (Å²) in [5.74, 6) is -0.495. The maximum atomic E-state index is 13.7. The van der Waals surface area contributed by atoms with Gasteiger partial charge in [0.1, 0.15) is 5.82 Å². The minimum absolute atomic E-state index is 0.115. The molecule has 0 saturated heterocycles. The second-order valence-corrected chi connectivity index (χ2v) is 6.26. The fourth-order valence-corrected chi connectivity index (χ4v) is 2.84. The highest BCUT2D eigenvalue weighted by Crippen LogP contribution is 2.23. The normalized spacial score (nSPS) is 10.6. The highest BCUT2D eigenvalue weighted by molar-refractivity contribution is 6.31. The lowest BCUT2D eigenvalue weighted by Gasteiger charge is -2.10. The van der Waals surface area contributed by atoms with Crippen molar-refractivity contribution in [2.45, 2.75) is 20.4 Å². The zero-order valence-corrected chi connectivity index (χ0v) is 15.1. The number of carbonyl (C=O) groups excluding carboxylic acids is 1. The van der Waals surface area contributed by atoms with Gasteiger partial charge in [0.15, 0.2) is 0 Å². The maximum absolute atomic E-state index is 13.7. The van der Waals surface area contributed by atoms with Gasteiger partial charge in [-0.2, -0.15) is 5.10 Å². The van der Waals surface area contributed by atoms with Crippen molar-refractivity contribution in [3.05, 3.63) is 76.3 Å². The number of para-hydroxylation sites is 1. The second kappa shape index (κ2) is 7.58. The van der Waals surface area contributed by atoms with Crippen molar-refractivity contribution in [1.82, 2.24) is 9.78 Å². The summed E-state index contributed by atoms with van der Waals surface area (Å²) in [6.07, 6.45) is 0. The Bertz CT molecular complexity index is 954. The van der Waals surface area contributed by atoms with E-state index >= 15 is 0 Å². The fraction of sp³-hybridized carbons (Fsp3) is 0.158. The number of hydrogen-bond acceptors (Lipinski definition) is 2. The van der Waals surface area contributed by atoms with Crippen molar-refractivity contribution >= 4 is 29.0 Å². The van der Waals surface area contributed by atoms with E-state index in [1.54, 1.807) is 23.7 Å². The quantitative estimate of drug-likeness (QED) is 0.678. The summed E-state index contributed by atoms with van der Waals surface area (Å²) in [7, 11) is 0. The molecule has 0 bridgehead atoms. The average Bonchev–Trinajstić information content (AvgIpc) is 2.86. The molecule has 0 aliphatic carbocycles. The standard InChI is InChI=1S/C19H18ClFN4O/c1-12-18(23-19(26)22-17-10-6-5-9-16(17)21)13(2)25(24-12)11-14-7-3-4-8-15(14)20/h3-10H,11H2,1-2H3,(H2,22,23,26). The van der Waals surface area contributed by atoms with Crippen molar-refractivity contribution in [2.75, 3.05) is 10.6 Å². The Morgan fingerprint density at radius 1 is 1.12 bits per heavy atom. The van der Waals surface area contributed by atoms with Crippen LogP contribution in [-0.2, 0) is 6.54 Å². The Balaban J connectivity index is 1.77. The molecule has 2 N–H and O–H groups in total. The van der Waals surface area contributed by atoms with Crippen LogP contribution in [0.3, 0.4) is 0 Å². The number of halogens is 2. The predicted molar refractivity (Wildman–Crippen MR) is 101 cm³/mol. The van der Waals surface area contributed by atoms with Gasteiger partial charge < -0.3 is 10.6 Å². The third-order valence-electron chi connectivity index (χ3n) is 4.02. The Hall–Kier alpha value is -2.86. The summed E-state index contributed by atoms with van der Waals surface area (Å²) in [5, 5.41) is 10.4. The van der Waals surface area contributed by atoms with Crippen LogP contribution in [-0.4, -0.2) is 15.8 Å². The SMILES string of the molecule is Cc1nn(Cc2ccccc2Cl)c(C)c1NC(=O)Nc1ccccc1F. The number of urea groups is 1. The highest BCUT2D eigenvalue weighted by Gasteiger charge is 2.15. The molecule has 3 aromatic rings. The van der Waals surface area contributed by atoms with Crippen LogP contribution in [0.2, 0.25) is 5.02 Å². The molecule has 0 radical (unpaired) electrons. The highest BCUT2D eigenvalue weighted by atomic mass is 35.5. The van der Waals surface area contributed by atoms with Crippen molar-refractivity contribution in [1.29, 1.82) is 0 Å². The fourth-order valence-electron chi connectivity index (χ4n) is 2.65. The van der Waals surface area contributed by atoms with Crippen LogP contribution < -0.4 is 10.6 Å². The first-order chi connectivity index (χ1) is 12.5. The molecule has 5 nitrogen and oxygen atoms in total. The number of aromatic nitrogens is 2. The first-order valence-electron chi connectivity index (χ1n) is 8.05. The Morgan fingerprint density at radius 3 is 2.54 bits per heavy atom. The Morgan fingerprint density at radius 2 is 1.81 bits per heavy atom. The number of aryl methyl sites for hydroxylation is 1. The van der Waals surface area contributed by atoms with E-state index < -0.39 is 11.8 Å². The van der Waals surface area contributed by atoms with E-state index in [-0.39, 0.29) is 5.69 Å². The lowest BCUT2D eigenvalue weighted by molar-refractivity contribution is 0.262. The topological polar surface area (TPSA) is 59.0 Å². The molecule has 7 heteroatoms. The Labute approximate surface area is 155 Å². The van der Waals surface area contributed by atoms with Gasteiger partial charge in [0.25, 0.3) is 0 Å². The molecule has 2 amide bonds. The van der Waals surface area contributed by atoms with Gasteiger partial charge in [0.05, 0.1) is 29.3 Å². The predicted octanol–water partition coefficient (Wildman–Crippen LogP) is 4.98. The van der Waals surface area contributed by atoms with E-state index in [1.165, 1.54) is 12.1 Å². The van der Waals surface area contributed by atoms with Gasteiger partial charge in [-0.25, -0.2) is 9.18 Å². The average molecular weight is 373 g/mol. The number of anilines is 2. The van der Waals surface area contributed by atoms with E-state index in [4.69, 9.17) is 11.6 Å². The molecule has 1 heterocycles. The summed E-state index contributed by atoms with van der Waals surface area (Å²) >= 11 is 6.21. The molecule has 134 valence electrons. The molecule has 0 aliphatic rings. The number of rotatable bonds is 4. The van der Waals surface area contributed by atoms with Crippen molar-refractivity contribution in [3.8, 4) is 0 Å². The number of nitrogens with zero attached hydrogens (tertiary/aromatic N) is 2. The number of benzene rings is 2. The number of carbonyl (C=O) groups is 1. The largest absolute Gasteiger partial charge is 0.323 e. The van der Waals surface area contributed by atoms with Crippen LogP contribution in [0.1, 0.15) is 17.0 Å². The van der Waals surface area contributed by atoms with Crippen molar-refractivity contribution in [3.63, 3.8) is 0 Å². The third-order valence-corrected chi connectivity index (χ3v) is 4.39. The molecule has 0 spiro atoms. The summed E-state index contributed by atoms with van der Waals surface area (Å²) in [4.78, 5) is 12.2. The van der Waals surface area contributed by atoms with Crippen molar-refractivity contribution < 1.29 is 9.18 Å². The van der Waals surface area contributed by atoms with E-state index in [0.29, 0.717) is 22.9 Å². The molecule has 1 aromatic heterocycles. The molecule has 0 atom stereocenters. The lowest BCUT2D eigenvalue weighted by Crippen LogP contribution is -2.21. The van der Waals surface area contributed by atoms with E-state index in [2.05, 4.69) is 15.7 Å². The molecular formula is C19H18ClFN4O. The summed E-state index contributed by atoms with van der Waals surface area (Å²) in [6, 6.07) is 13.0. The van der Waals surface area contributed by atoms with E-state index in [1.807, 2.05) is 31.2 Å². The van der Waals surface area contributed by atoms with Gasteiger partial charge in [0.2, 0.25) is 0 Å². The lowest BCUT2D eigenvalue weighted by atomic mass is 10.2. The molecule has 26 heavy (non-hydrogen) atoms. The van der Waals surface area contributed by atoms with Crippen LogP contribution in [0.25, 0.3) is 0 Å². The second-order valence-electron chi connectivity index (χ2n) is 5.85. The summed E-state index contributed by atoms with van der Waals surface area (Å²) < 4.78 is 15.4. The van der Waals surface area contributed by atoms with E-state index in [0.717, 1.165) is 11.3 Å². The zero-order valence-electron chi connectivity index (χ0n) is 14.4. The van der Waals surface area contributed by atoms with Crippen LogP contribution in [0.5, 0.6) is 0 Å². The molecule has 0 saturated carbocycles. The molecule has 2 aromatic carbocycles. The number of amides is 2. The van der Waals surface area contributed by atoms with Crippen LogP contribution in [0.15, 0.2) is 48.5 Å². The molecular weight excluding hydrogens is 355 g/mol.